The van der Waals surface area contributed by atoms with Crippen LogP contribution in [-0.2, 0) is 4.79 Å². The van der Waals surface area contributed by atoms with Crippen LogP contribution >= 0.6 is 11.8 Å². The Morgan fingerprint density at radius 1 is 0.919 bits per heavy atom. The number of aryl methyl sites for hydroxylation is 1. The van der Waals surface area contributed by atoms with Crippen LogP contribution in [0.2, 0.25) is 0 Å². The molecule has 188 valence electrons. The minimum absolute atomic E-state index is 0.169. The van der Waals surface area contributed by atoms with Crippen molar-refractivity contribution in [2.24, 2.45) is 5.10 Å². The van der Waals surface area contributed by atoms with Crippen LogP contribution in [0.15, 0.2) is 89.1 Å². The van der Waals surface area contributed by atoms with E-state index in [4.69, 9.17) is 0 Å². The molecule has 0 aliphatic heterocycles. The van der Waals surface area contributed by atoms with Gasteiger partial charge in [0.1, 0.15) is 0 Å². The van der Waals surface area contributed by atoms with Crippen molar-refractivity contribution in [2.75, 3.05) is 5.75 Å². The fraction of sp³-hybridized carbons (Fsp3) is 0.267. The SMILES string of the molecule is Cc1ccc(-c2nnc(SCC(=O)NN=Cc3ccc(-c4ccccc4)cc3)n2C2CCCCC2)cc1. The standard InChI is InChI=1S/C30H31N5OS/c1-22-12-16-26(17-13-22)29-33-34-30(35(29)27-10-6-3-7-11-27)37-21-28(36)32-31-20-23-14-18-25(19-15-23)24-8-4-2-5-9-24/h2,4-5,8-9,12-20,27H,3,6-7,10-11,21H2,1H3,(H,32,36). The monoisotopic (exact) mass is 509 g/mol. The molecule has 7 heteroatoms. The summed E-state index contributed by atoms with van der Waals surface area (Å²) in [6.07, 6.45) is 7.59. The van der Waals surface area contributed by atoms with Crippen LogP contribution in [0, 0.1) is 6.92 Å². The van der Waals surface area contributed by atoms with Crippen molar-refractivity contribution in [3.05, 3.63) is 90.0 Å². The zero-order valence-corrected chi connectivity index (χ0v) is 21.8. The Kier molecular flexibility index (Phi) is 8.11. The van der Waals surface area contributed by atoms with Crippen molar-refractivity contribution < 1.29 is 4.79 Å². The van der Waals surface area contributed by atoms with Gasteiger partial charge >= 0.3 is 0 Å². The van der Waals surface area contributed by atoms with E-state index >= 15 is 0 Å². The Morgan fingerprint density at radius 3 is 2.32 bits per heavy atom. The highest BCUT2D eigenvalue weighted by atomic mass is 32.2. The molecule has 0 bridgehead atoms. The average Bonchev–Trinajstić information content (AvgIpc) is 3.38. The lowest BCUT2D eigenvalue weighted by molar-refractivity contribution is -0.118. The number of hydrazone groups is 1. The summed E-state index contributed by atoms with van der Waals surface area (Å²) < 4.78 is 2.25. The zero-order chi connectivity index (χ0) is 25.5. The minimum Gasteiger partial charge on any atom is -0.299 e. The van der Waals surface area contributed by atoms with Gasteiger partial charge in [-0.05, 0) is 36.5 Å². The topological polar surface area (TPSA) is 72.2 Å². The fourth-order valence-corrected chi connectivity index (χ4v) is 5.47. The third-order valence-electron chi connectivity index (χ3n) is 6.67. The molecular formula is C30H31N5OS. The highest BCUT2D eigenvalue weighted by Crippen LogP contribution is 2.35. The number of carbonyl (C=O) groups excluding carboxylic acids is 1. The highest BCUT2D eigenvalue weighted by molar-refractivity contribution is 7.99. The number of hydrogen-bond donors (Lipinski definition) is 1. The predicted molar refractivity (Wildman–Crippen MR) is 151 cm³/mol. The van der Waals surface area contributed by atoms with Crippen molar-refractivity contribution in [3.63, 3.8) is 0 Å². The summed E-state index contributed by atoms with van der Waals surface area (Å²) in [5.41, 5.74) is 8.15. The van der Waals surface area contributed by atoms with Gasteiger partial charge in [0.15, 0.2) is 11.0 Å². The Labute approximate surface area is 222 Å². The number of thioether (sulfide) groups is 1. The summed E-state index contributed by atoms with van der Waals surface area (Å²) in [5.74, 6) is 0.937. The number of carbonyl (C=O) groups is 1. The molecule has 1 aromatic heterocycles. The van der Waals surface area contributed by atoms with Crippen LogP contribution in [-0.4, -0.2) is 32.6 Å². The molecule has 0 unspecified atom stereocenters. The molecule has 4 aromatic rings. The summed E-state index contributed by atoms with van der Waals surface area (Å²) >= 11 is 1.42. The van der Waals surface area contributed by atoms with E-state index in [1.54, 1.807) is 6.21 Å². The molecule has 1 N–H and O–H groups in total. The molecule has 5 rings (SSSR count). The molecule has 1 aliphatic carbocycles. The highest BCUT2D eigenvalue weighted by Gasteiger charge is 2.24. The molecular weight excluding hydrogens is 478 g/mol. The smallest absolute Gasteiger partial charge is 0.250 e. The molecule has 1 saturated carbocycles. The first-order chi connectivity index (χ1) is 18.2. The van der Waals surface area contributed by atoms with E-state index in [2.05, 4.69) is 80.7 Å². The average molecular weight is 510 g/mol. The van der Waals surface area contributed by atoms with E-state index in [0.29, 0.717) is 6.04 Å². The van der Waals surface area contributed by atoms with Gasteiger partial charge in [0.05, 0.1) is 12.0 Å². The van der Waals surface area contributed by atoms with E-state index in [9.17, 15) is 4.79 Å². The third kappa shape index (κ3) is 6.35. The molecule has 1 fully saturated rings. The van der Waals surface area contributed by atoms with Crippen LogP contribution in [0.5, 0.6) is 0 Å². The van der Waals surface area contributed by atoms with Gasteiger partial charge in [0, 0.05) is 11.6 Å². The van der Waals surface area contributed by atoms with Gasteiger partial charge in [-0.3, -0.25) is 9.36 Å². The van der Waals surface area contributed by atoms with Crippen molar-refractivity contribution in [1.29, 1.82) is 0 Å². The van der Waals surface area contributed by atoms with Gasteiger partial charge in [-0.15, -0.1) is 10.2 Å². The van der Waals surface area contributed by atoms with Gasteiger partial charge < -0.3 is 0 Å². The third-order valence-corrected chi connectivity index (χ3v) is 7.61. The molecule has 0 spiro atoms. The molecule has 1 aliphatic rings. The maximum absolute atomic E-state index is 12.5. The van der Waals surface area contributed by atoms with E-state index in [0.717, 1.165) is 40.5 Å². The van der Waals surface area contributed by atoms with Crippen molar-refractivity contribution in [2.45, 2.75) is 50.2 Å². The first kappa shape index (κ1) is 25.0. The number of rotatable bonds is 8. The summed E-state index contributed by atoms with van der Waals surface area (Å²) in [7, 11) is 0. The normalized spacial score (nSPS) is 14.2. The summed E-state index contributed by atoms with van der Waals surface area (Å²) in [4.78, 5) is 12.5. The van der Waals surface area contributed by atoms with Crippen molar-refractivity contribution >= 4 is 23.9 Å². The fourth-order valence-electron chi connectivity index (χ4n) is 4.68. The summed E-state index contributed by atoms with van der Waals surface area (Å²) in [6, 6.07) is 27.1. The molecule has 0 radical (unpaired) electrons. The zero-order valence-electron chi connectivity index (χ0n) is 21.0. The predicted octanol–water partition coefficient (Wildman–Crippen LogP) is 6.67. The lowest BCUT2D eigenvalue weighted by Gasteiger charge is -2.25. The van der Waals surface area contributed by atoms with Crippen LogP contribution < -0.4 is 5.43 Å². The lowest BCUT2D eigenvalue weighted by Crippen LogP contribution is -2.20. The van der Waals surface area contributed by atoms with Gasteiger partial charge in [0.25, 0.3) is 5.91 Å². The summed E-state index contributed by atoms with van der Waals surface area (Å²) in [5, 5.41) is 14.0. The number of amides is 1. The second-order valence-corrected chi connectivity index (χ2v) is 10.3. The number of aromatic nitrogens is 3. The van der Waals surface area contributed by atoms with Crippen LogP contribution in [0.4, 0.5) is 0 Å². The second-order valence-electron chi connectivity index (χ2n) is 9.40. The summed E-state index contributed by atoms with van der Waals surface area (Å²) in [6.45, 7) is 2.08. The Hall–Kier alpha value is -3.71. The number of nitrogens with zero attached hydrogens (tertiary/aromatic N) is 4. The molecule has 0 atom stereocenters. The lowest BCUT2D eigenvalue weighted by atomic mass is 9.95. The quantitative estimate of drug-likeness (QED) is 0.164. The van der Waals surface area contributed by atoms with E-state index in [1.165, 1.54) is 42.2 Å². The Morgan fingerprint density at radius 2 is 1.59 bits per heavy atom. The molecule has 37 heavy (non-hydrogen) atoms. The van der Waals surface area contributed by atoms with Crippen LogP contribution in [0.3, 0.4) is 0 Å². The Balaban J connectivity index is 1.21. The second kappa shape index (κ2) is 12.0. The molecule has 0 saturated heterocycles. The number of nitrogens with one attached hydrogen (secondary N) is 1. The van der Waals surface area contributed by atoms with E-state index in [-0.39, 0.29) is 11.7 Å². The van der Waals surface area contributed by atoms with Gasteiger partial charge in [-0.1, -0.05) is 115 Å². The van der Waals surface area contributed by atoms with Crippen molar-refractivity contribution in [3.8, 4) is 22.5 Å². The maximum atomic E-state index is 12.5. The molecule has 1 amide bonds. The van der Waals surface area contributed by atoms with E-state index < -0.39 is 0 Å². The maximum Gasteiger partial charge on any atom is 0.250 e. The van der Waals surface area contributed by atoms with Crippen molar-refractivity contribution in [1.82, 2.24) is 20.2 Å². The minimum atomic E-state index is -0.169. The molecule has 6 nitrogen and oxygen atoms in total. The van der Waals surface area contributed by atoms with Gasteiger partial charge in [0.2, 0.25) is 0 Å². The van der Waals surface area contributed by atoms with Crippen LogP contribution in [0.25, 0.3) is 22.5 Å². The largest absolute Gasteiger partial charge is 0.299 e. The number of benzene rings is 3. The van der Waals surface area contributed by atoms with Crippen LogP contribution in [0.1, 0.15) is 49.3 Å². The van der Waals surface area contributed by atoms with Gasteiger partial charge in [-0.2, -0.15) is 5.10 Å². The van der Waals surface area contributed by atoms with E-state index in [1.807, 2.05) is 30.3 Å². The molecule has 1 heterocycles. The Bertz CT molecular complexity index is 1340. The first-order valence-corrected chi connectivity index (χ1v) is 13.8. The number of hydrogen-bond acceptors (Lipinski definition) is 5. The first-order valence-electron chi connectivity index (χ1n) is 12.8. The molecule has 3 aromatic carbocycles. The van der Waals surface area contributed by atoms with Gasteiger partial charge in [-0.25, -0.2) is 5.43 Å².